The molecule has 1 aliphatic carbocycles. The van der Waals surface area contributed by atoms with Gasteiger partial charge in [0.1, 0.15) is 11.6 Å². The van der Waals surface area contributed by atoms with E-state index in [2.05, 4.69) is 5.32 Å². The lowest BCUT2D eigenvalue weighted by Gasteiger charge is -2.29. The summed E-state index contributed by atoms with van der Waals surface area (Å²) in [5.74, 6) is -0.164. The van der Waals surface area contributed by atoms with E-state index < -0.39 is 23.8 Å². The van der Waals surface area contributed by atoms with Crippen LogP contribution in [0, 0.1) is 0 Å². The van der Waals surface area contributed by atoms with Gasteiger partial charge in [0.15, 0.2) is 0 Å². The minimum atomic E-state index is -0.675. The Hall–Kier alpha value is -1.30. The highest BCUT2D eigenvalue weighted by Crippen LogP contribution is 2.23. The first-order valence-electron chi connectivity index (χ1n) is 9.24. The van der Waals surface area contributed by atoms with Gasteiger partial charge in [-0.15, -0.1) is 0 Å². The lowest BCUT2D eigenvalue weighted by Crippen LogP contribution is -2.50. The molecule has 0 spiro atoms. The predicted octanol–water partition coefficient (Wildman–Crippen LogP) is 2.59. The van der Waals surface area contributed by atoms with Crippen molar-refractivity contribution in [2.24, 2.45) is 0 Å². The summed E-state index contributed by atoms with van der Waals surface area (Å²) in [5.41, 5.74) is -0.620. The van der Waals surface area contributed by atoms with Crippen LogP contribution in [0.25, 0.3) is 0 Å². The smallest absolute Gasteiger partial charge is 0.411 e. The van der Waals surface area contributed by atoms with E-state index in [1.807, 2.05) is 0 Å². The van der Waals surface area contributed by atoms with Gasteiger partial charge >= 0.3 is 6.09 Å². The molecule has 138 valence electrons. The molecule has 1 heterocycles. The van der Waals surface area contributed by atoms with E-state index in [1.165, 1.54) is 24.2 Å². The van der Waals surface area contributed by atoms with Crippen LogP contribution < -0.4 is 5.32 Å². The Morgan fingerprint density at radius 3 is 2.25 bits per heavy atom. The molecule has 2 aliphatic rings. The van der Waals surface area contributed by atoms with Gasteiger partial charge in [0.05, 0.1) is 12.6 Å². The summed E-state index contributed by atoms with van der Waals surface area (Å²) in [5, 5.41) is 13.0. The Balaban J connectivity index is 1.96. The van der Waals surface area contributed by atoms with Crippen LogP contribution in [0.3, 0.4) is 0 Å². The predicted molar refractivity (Wildman–Crippen MR) is 91.6 cm³/mol. The summed E-state index contributed by atoms with van der Waals surface area (Å²) in [6, 6.07) is -0.462. The normalized spacial score (nSPS) is 26.6. The van der Waals surface area contributed by atoms with Crippen molar-refractivity contribution in [3.63, 3.8) is 0 Å². The van der Waals surface area contributed by atoms with Crippen LogP contribution in [-0.4, -0.2) is 52.3 Å². The number of hydrogen-bond acceptors (Lipinski definition) is 4. The van der Waals surface area contributed by atoms with Gasteiger partial charge in [0.25, 0.3) is 0 Å². The highest BCUT2D eigenvalue weighted by Gasteiger charge is 2.41. The Morgan fingerprint density at radius 1 is 1.08 bits per heavy atom. The van der Waals surface area contributed by atoms with E-state index in [0.29, 0.717) is 0 Å². The van der Waals surface area contributed by atoms with Crippen molar-refractivity contribution >= 4 is 12.0 Å². The van der Waals surface area contributed by atoms with Crippen molar-refractivity contribution in [1.82, 2.24) is 10.2 Å². The molecule has 6 heteroatoms. The SMILES string of the molecule is CC(C)(C)OC(=O)N1C[C@@H](O)C[C@H]1C(=O)NC1CCCCCCC1. The second kappa shape index (κ2) is 8.19. The van der Waals surface area contributed by atoms with Gasteiger partial charge in [-0.1, -0.05) is 32.1 Å². The molecule has 0 aromatic heterocycles. The van der Waals surface area contributed by atoms with E-state index in [4.69, 9.17) is 4.74 Å². The zero-order chi connectivity index (χ0) is 17.7. The molecular weight excluding hydrogens is 308 g/mol. The van der Waals surface area contributed by atoms with E-state index in [1.54, 1.807) is 20.8 Å². The second-order valence-corrected chi connectivity index (χ2v) is 8.09. The number of aliphatic hydroxyl groups excluding tert-OH is 1. The second-order valence-electron chi connectivity index (χ2n) is 8.09. The Bertz CT molecular complexity index is 439. The van der Waals surface area contributed by atoms with E-state index in [9.17, 15) is 14.7 Å². The molecule has 0 radical (unpaired) electrons. The fraction of sp³-hybridized carbons (Fsp3) is 0.889. The first kappa shape index (κ1) is 19.0. The minimum absolute atomic E-state index is 0.150. The van der Waals surface area contributed by atoms with Gasteiger partial charge < -0.3 is 15.2 Å². The van der Waals surface area contributed by atoms with Crippen LogP contribution in [0.5, 0.6) is 0 Å². The van der Waals surface area contributed by atoms with E-state index >= 15 is 0 Å². The molecule has 2 amide bonds. The number of ether oxygens (including phenoxy) is 1. The van der Waals surface area contributed by atoms with Crippen LogP contribution in [0.4, 0.5) is 4.79 Å². The van der Waals surface area contributed by atoms with E-state index in [0.717, 1.165) is 25.7 Å². The maximum absolute atomic E-state index is 12.7. The third-order valence-electron chi connectivity index (χ3n) is 4.66. The average molecular weight is 340 g/mol. The number of nitrogens with one attached hydrogen (secondary N) is 1. The lowest BCUT2D eigenvalue weighted by molar-refractivity contribution is -0.126. The van der Waals surface area contributed by atoms with Gasteiger partial charge in [0, 0.05) is 12.5 Å². The molecule has 24 heavy (non-hydrogen) atoms. The number of rotatable bonds is 2. The lowest BCUT2D eigenvalue weighted by atomic mass is 9.96. The molecule has 1 aliphatic heterocycles. The molecule has 6 nitrogen and oxygen atoms in total. The number of nitrogens with zero attached hydrogens (tertiary/aromatic N) is 1. The van der Waals surface area contributed by atoms with Crippen molar-refractivity contribution in [1.29, 1.82) is 0 Å². The summed E-state index contributed by atoms with van der Waals surface area (Å²) in [4.78, 5) is 26.4. The fourth-order valence-electron chi connectivity index (χ4n) is 3.48. The molecule has 2 atom stereocenters. The molecule has 2 fully saturated rings. The molecule has 2 rings (SSSR count). The zero-order valence-corrected chi connectivity index (χ0v) is 15.2. The number of β-amino-alcohol motifs (C(OH)–C–C–N with tert-alkyl or cyclic N) is 1. The van der Waals surface area contributed by atoms with Crippen molar-refractivity contribution in [2.75, 3.05) is 6.54 Å². The highest BCUT2D eigenvalue weighted by molar-refractivity contribution is 5.86. The number of aliphatic hydroxyl groups is 1. The maximum Gasteiger partial charge on any atom is 0.411 e. The fourth-order valence-corrected chi connectivity index (χ4v) is 3.48. The van der Waals surface area contributed by atoms with Crippen molar-refractivity contribution in [3.05, 3.63) is 0 Å². The summed E-state index contributed by atoms with van der Waals surface area (Å²) < 4.78 is 5.37. The number of carbonyl (C=O) groups excluding carboxylic acids is 2. The topological polar surface area (TPSA) is 78.9 Å². The van der Waals surface area contributed by atoms with E-state index in [-0.39, 0.29) is 24.9 Å². The highest BCUT2D eigenvalue weighted by atomic mass is 16.6. The molecule has 1 saturated heterocycles. The van der Waals surface area contributed by atoms with Crippen molar-refractivity contribution in [3.8, 4) is 0 Å². The minimum Gasteiger partial charge on any atom is -0.444 e. The molecule has 1 saturated carbocycles. The number of carbonyl (C=O) groups is 2. The average Bonchev–Trinajstić information content (AvgIpc) is 2.82. The molecule has 0 aromatic rings. The van der Waals surface area contributed by atoms with Crippen molar-refractivity contribution < 1.29 is 19.4 Å². The summed E-state index contributed by atoms with van der Waals surface area (Å²) in [6.45, 7) is 5.53. The quantitative estimate of drug-likeness (QED) is 0.810. The Labute approximate surface area is 144 Å². The summed E-state index contributed by atoms with van der Waals surface area (Å²) in [7, 11) is 0. The number of likely N-dealkylation sites (tertiary alicyclic amines) is 1. The van der Waals surface area contributed by atoms with Crippen LogP contribution in [-0.2, 0) is 9.53 Å². The van der Waals surface area contributed by atoms with Gasteiger partial charge in [-0.3, -0.25) is 9.69 Å². The van der Waals surface area contributed by atoms with Gasteiger partial charge in [-0.05, 0) is 33.6 Å². The number of hydrogen-bond donors (Lipinski definition) is 2. The first-order chi connectivity index (χ1) is 11.3. The first-order valence-corrected chi connectivity index (χ1v) is 9.24. The van der Waals surface area contributed by atoms with Crippen LogP contribution >= 0.6 is 0 Å². The molecular formula is C18H32N2O4. The maximum atomic E-state index is 12.7. The molecule has 0 bridgehead atoms. The third kappa shape index (κ3) is 5.65. The van der Waals surface area contributed by atoms with Crippen molar-refractivity contribution in [2.45, 2.75) is 95.9 Å². The Morgan fingerprint density at radius 2 is 1.67 bits per heavy atom. The zero-order valence-electron chi connectivity index (χ0n) is 15.2. The largest absolute Gasteiger partial charge is 0.444 e. The van der Waals surface area contributed by atoms with Crippen LogP contribution in [0.15, 0.2) is 0 Å². The monoisotopic (exact) mass is 340 g/mol. The molecule has 0 unspecified atom stereocenters. The molecule has 2 N–H and O–H groups in total. The summed E-state index contributed by atoms with van der Waals surface area (Å²) >= 11 is 0. The van der Waals surface area contributed by atoms with Gasteiger partial charge in [-0.25, -0.2) is 4.79 Å². The van der Waals surface area contributed by atoms with Gasteiger partial charge in [-0.2, -0.15) is 0 Å². The third-order valence-corrected chi connectivity index (χ3v) is 4.66. The van der Waals surface area contributed by atoms with Crippen LogP contribution in [0.2, 0.25) is 0 Å². The molecule has 0 aromatic carbocycles. The summed E-state index contributed by atoms with van der Waals surface area (Å²) in [6.07, 6.45) is 7.04. The Kier molecular flexibility index (Phi) is 6.49. The van der Waals surface area contributed by atoms with Crippen LogP contribution in [0.1, 0.15) is 72.1 Å². The standard InChI is InChI=1S/C18H32N2O4/c1-18(2,3)24-17(23)20-12-14(21)11-15(20)16(22)19-13-9-7-5-4-6-8-10-13/h13-15,21H,4-12H2,1-3H3,(H,19,22)/t14-,15-/m0/s1. The number of amides is 2. The van der Waals surface area contributed by atoms with Gasteiger partial charge in [0.2, 0.25) is 5.91 Å².